The summed E-state index contributed by atoms with van der Waals surface area (Å²) in [5.74, 6) is 1.33. The third-order valence-electron chi connectivity index (χ3n) is 1.90. The van der Waals surface area contributed by atoms with E-state index < -0.39 is 0 Å². The van der Waals surface area contributed by atoms with Gasteiger partial charge >= 0.3 is 0 Å². The molecule has 0 saturated heterocycles. The van der Waals surface area contributed by atoms with Crippen molar-refractivity contribution in [1.82, 2.24) is 0 Å². The van der Waals surface area contributed by atoms with Crippen molar-refractivity contribution in [2.24, 2.45) is 0 Å². The topological polar surface area (TPSA) is 35.5 Å². The maximum Gasteiger partial charge on any atom is 0.171 e. The second kappa shape index (κ2) is 5.61. The Bertz CT molecular complexity index is 350. The summed E-state index contributed by atoms with van der Waals surface area (Å²) in [6, 6.07) is 5.20. The van der Waals surface area contributed by atoms with Crippen LogP contribution in [0.3, 0.4) is 0 Å². The van der Waals surface area contributed by atoms with Gasteiger partial charge in [-0.15, -0.1) is 11.6 Å². The quantitative estimate of drug-likeness (QED) is 0.574. The molecule has 0 aromatic heterocycles. The van der Waals surface area contributed by atoms with E-state index in [1.54, 1.807) is 18.2 Å². The Hall–Kier alpha value is -1.22. The van der Waals surface area contributed by atoms with Crippen molar-refractivity contribution in [3.05, 3.63) is 23.8 Å². The van der Waals surface area contributed by atoms with Crippen LogP contribution in [0.25, 0.3) is 0 Å². The minimum absolute atomic E-state index is 0.0570. The average molecular weight is 229 g/mol. The number of rotatable bonds is 5. The molecule has 0 bridgehead atoms. The number of carbonyl (C=O) groups is 1. The molecule has 15 heavy (non-hydrogen) atoms. The molecule has 0 saturated carbocycles. The van der Waals surface area contributed by atoms with Crippen LogP contribution in [0.5, 0.6) is 11.5 Å². The summed E-state index contributed by atoms with van der Waals surface area (Å²) in [5.41, 5.74) is 0.513. The summed E-state index contributed by atoms with van der Waals surface area (Å²) in [5, 5.41) is 0. The highest BCUT2D eigenvalue weighted by Gasteiger charge is 2.13. The van der Waals surface area contributed by atoms with Gasteiger partial charge in [-0.05, 0) is 19.1 Å². The molecule has 0 unspecified atom stereocenters. The average Bonchev–Trinajstić information content (AvgIpc) is 2.25. The van der Waals surface area contributed by atoms with E-state index in [0.717, 1.165) is 0 Å². The minimum Gasteiger partial charge on any atom is -0.493 e. The number of Topliss-reactive ketones (excluding diaryl/α,β-unsaturated/α-hetero) is 1. The van der Waals surface area contributed by atoms with Crippen LogP contribution in [0.2, 0.25) is 0 Å². The molecule has 0 aliphatic heterocycles. The highest BCUT2D eigenvalue weighted by atomic mass is 35.5. The summed E-state index contributed by atoms with van der Waals surface area (Å²) in [4.78, 5) is 11.3. The van der Waals surface area contributed by atoms with Crippen molar-refractivity contribution in [3.8, 4) is 11.5 Å². The number of halogens is 1. The molecule has 0 N–H and O–H groups in total. The molecule has 1 aromatic rings. The molecule has 1 rings (SSSR count). The maximum atomic E-state index is 11.3. The van der Waals surface area contributed by atoms with Crippen LogP contribution < -0.4 is 9.47 Å². The zero-order valence-corrected chi connectivity index (χ0v) is 9.50. The molecule has 3 nitrogen and oxygen atoms in total. The van der Waals surface area contributed by atoms with Gasteiger partial charge in [0.15, 0.2) is 17.3 Å². The first kappa shape index (κ1) is 11.9. The summed E-state index contributed by atoms with van der Waals surface area (Å²) in [6.45, 7) is 1.84. The third kappa shape index (κ3) is 2.86. The van der Waals surface area contributed by atoms with Crippen molar-refractivity contribution >= 4 is 17.4 Å². The van der Waals surface area contributed by atoms with Gasteiger partial charge in [0, 0.05) is 0 Å². The van der Waals surface area contributed by atoms with Gasteiger partial charge < -0.3 is 9.47 Å². The monoisotopic (exact) mass is 228 g/mol. The summed E-state index contributed by atoms with van der Waals surface area (Å²) < 4.78 is 10.5. The first-order valence-electron chi connectivity index (χ1n) is 4.57. The first-order valence-corrected chi connectivity index (χ1v) is 5.11. The molecule has 0 spiro atoms. The van der Waals surface area contributed by atoms with E-state index >= 15 is 0 Å². The Balaban J connectivity index is 3.08. The molecule has 4 heteroatoms. The molecule has 82 valence electrons. The van der Waals surface area contributed by atoms with E-state index in [0.29, 0.717) is 29.5 Å². The van der Waals surface area contributed by atoms with Gasteiger partial charge in [-0.2, -0.15) is 0 Å². The molecule has 0 amide bonds. The number of benzene rings is 1. The largest absolute Gasteiger partial charge is 0.493 e. The lowest BCUT2D eigenvalue weighted by Crippen LogP contribution is -2.05. The highest BCUT2D eigenvalue weighted by Crippen LogP contribution is 2.31. The minimum atomic E-state index is -0.0570. The van der Waals surface area contributed by atoms with Gasteiger partial charge in [0.25, 0.3) is 0 Å². The number of alkyl halides is 1. The van der Waals surface area contributed by atoms with Crippen molar-refractivity contribution < 1.29 is 14.3 Å². The van der Waals surface area contributed by atoms with Crippen LogP contribution in [0, 0.1) is 0 Å². The second-order valence-electron chi connectivity index (χ2n) is 2.93. The number of ether oxygens (including phenoxy) is 2. The Morgan fingerprint density at radius 1 is 1.47 bits per heavy atom. The smallest absolute Gasteiger partial charge is 0.171 e. The normalized spacial score (nSPS) is 9.80. The van der Waals surface area contributed by atoms with Crippen molar-refractivity contribution in [2.75, 3.05) is 19.6 Å². The lowest BCUT2D eigenvalue weighted by molar-refractivity contribution is 0.101. The Morgan fingerprint density at radius 3 is 2.73 bits per heavy atom. The number of hydrogen-bond donors (Lipinski definition) is 0. The number of ketones is 1. The van der Waals surface area contributed by atoms with Crippen LogP contribution in [-0.2, 0) is 0 Å². The Morgan fingerprint density at radius 2 is 2.20 bits per heavy atom. The summed E-state index contributed by atoms with van der Waals surface area (Å²) in [7, 11) is 1.53. The van der Waals surface area contributed by atoms with E-state index in [-0.39, 0.29) is 5.78 Å². The van der Waals surface area contributed by atoms with Crippen molar-refractivity contribution in [3.63, 3.8) is 0 Å². The third-order valence-corrected chi connectivity index (χ3v) is 2.06. The van der Waals surface area contributed by atoms with Gasteiger partial charge in [-0.3, -0.25) is 4.79 Å². The van der Waals surface area contributed by atoms with Gasteiger partial charge in [0.05, 0.1) is 18.6 Å². The summed E-state index contributed by atoms with van der Waals surface area (Å²) >= 11 is 5.53. The van der Waals surface area contributed by atoms with Crippen LogP contribution in [-0.4, -0.2) is 25.4 Å². The molecule has 0 radical (unpaired) electrons. The molecular formula is C11H13ClO3. The predicted molar refractivity (Wildman–Crippen MR) is 59.2 cm³/mol. The van der Waals surface area contributed by atoms with Gasteiger partial charge in [-0.25, -0.2) is 0 Å². The number of hydrogen-bond acceptors (Lipinski definition) is 3. The van der Waals surface area contributed by atoms with E-state index in [1.807, 2.05) is 0 Å². The van der Waals surface area contributed by atoms with Gasteiger partial charge in [0.2, 0.25) is 0 Å². The van der Waals surface area contributed by atoms with Crippen LogP contribution in [0.1, 0.15) is 17.3 Å². The molecule has 0 heterocycles. The molecule has 0 fully saturated rings. The Kier molecular flexibility index (Phi) is 4.43. The second-order valence-corrected chi connectivity index (χ2v) is 3.31. The van der Waals surface area contributed by atoms with E-state index in [4.69, 9.17) is 21.1 Å². The number of methoxy groups -OCH3 is 1. The van der Waals surface area contributed by atoms with Crippen LogP contribution >= 0.6 is 11.6 Å². The molecule has 1 aromatic carbocycles. The lowest BCUT2D eigenvalue weighted by Gasteiger charge is -2.12. The fourth-order valence-corrected chi connectivity index (χ4v) is 1.32. The fraction of sp³-hybridized carbons (Fsp3) is 0.364. The van der Waals surface area contributed by atoms with Crippen molar-refractivity contribution in [1.29, 1.82) is 0 Å². The number of para-hydroxylation sites is 1. The zero-order valence-electron chi connectivity index (χ0n) is 8.75. The molecule has 0 atom stereocenters. The molecule has 0 aliphatic carbocycles. The zero-order chi connectivity index (χ0) is 11.3. The lowest BCUT2D eigenvalue weighted by atomic mass is 10.1. The van der Waals surface area contributed by atoms with E-state index in [2.05, 4.69) is 0 Å². The van der Waals surface area contributed by atoms with Crippen LogP contribution in [0.4, 0.5) is 0 Å². The van der Waals surface area contributed by atoms with Gasteiger partial charge in [0.1, 0.15) is 6.61 Å². The van der Waals surface area contributed by atoms with Gasteiger partial charge in [-0.1, -0.05) is 6.07 Å². The standard InChI is InChI=1S/C11H13ClO3/c1-8(13)9-4-3-5-10(14-2)11(9)15-7-6-12/h3-5H,6-7H2,1-2H3. The SMILES string of the molecule is COc1cccc(C(C)=O)c1OCCCl. The molecular weight excluding hydrogens is 216 g/mol. The van der Waals surface area contributed by atoms with Crippen molar-refractivity contribution in [2.45, 2.75) is 6.92 Å². The van der Waals surface area contributed by atoms with Crippen LogP contribution in [0.15, 0.2) is 18.2 Å². The van der Waals surface area contributed by atoms with E-state index in [9.17, 15) is 4.79 Å². The Labute approximate surface area is 93.9 Å². The maximum absolute atomic E-state index is 11.3. The fourth-order valence-electron chi connectivity index (χ4n) is 1.24. The predicted octanol–water partition coefficient (Wildman–Crippen LogP) is 2.52. The molecule has 0 aliphatic rings. The highest BCUT2D eigenvalue weighted by molar-refractivity contribution is 6.18. The number of carbonyl (C=O) groups excluding carboxylic acids is 1. The first-order chi connectivity index (χ1) is 7.20. The van der Waals surface area contributed by atoms with E-state index in [1.165, 1.54) is 14.0 Å². The summed E-state index contributed by atoms with van der Waals surface area (Å²) in [6.07, 6.45) is 0.